The van der Waals surface area contributed by atoms with Gasteiger partial charge in [0.05, 0.1) is 17.7 Å². The Morgan fingerprint density at radius 3 is 2.76 bits per heavy atom. The molecular weight excluding hydrogens is 262 g/mol. The Morgan fingerprint density at radius 1 is 1.43 bits per heavy atom. The molecule has 1 aromatic rings. The Kier molecular flexibility index (Phi) is 5.35. The van der Waals surface area contributed by atoms with Crippen molar-refractivity contribution in [3.05, 3.63) is 35.4 Å². The highest BCUT2D eigenvalue weighted by atomic mass is 16.2. The second-order valence-corrected chi connectivity index (χ2v) is 5.79. The van der Waals surface area contributed by atoms with Gasteiger partial charge in [-0.2, -0.15) is 5.26 Å². The highest BCUT2D eigenvalue weighted by molar-refractivity contribution is 5.81. The lowest BCUT2D eigenvalue weighted by atomic mass is 10.0. The van der Waals surface area contributed by atoms with E-state index in [1.54, 1.807) is 12.1 Å². The molecule has 2 rings (SSSR count). The zero-order chi connectivity index (χ0) is 15.2. The molecule has 0 spiro atoms. The van der Waals surface area contributed by atoms with Crippen LogP contribution in [0.2, 0.25) is 0 Å². The largest absolute Gasteiger partial charge is 0.339 e. The third-order valence-corrected chi connectivity index (χ3v) is 4.15. The van der Waals surface area contributed by atoms with Gasteiger partial charge >= 0.3 is 0 Å². The summed E-state index contributed by atoms with van der Waals surface area (Å²) in [6.45, 7) is 5.57. The molecule has 1 N–H and O–H groups in total. The first-order chi connectivity index (χ1) is 10.1. The Bertz CT molecular complexity index is 518. The lowest BCUT2D eigenvalue weighted by Gasteiger charge is -2.35. The predicted octanol–water partition coefficient (Wildman–Crippen LogP) is 2.44. The molecule has 1 saturated heterocycles. The Balaban J connectivity index is 1.87. The topological polar surface area (TPSA) is 56.1 Å². The molecule has 2 atom stereocenters. The van der Waals surface area contributed by atoms with Crippen molar-refractivity contribution in [3.63, 3.8) is 0 Å². The second kappa shape index (κ2) is 7.24. The summed E-state index contributed by atoms with van der Waals surface area (Å²) in [7, 11) is 0. The predicted molar refractivity (Wildman–Crippen MR) is 82.5 cm³/mol. The molecule has 0 saturated carbocycles. The molecule has 1 aromatic carbocycles. The van der Waals surface area contributed by atoms with Crippen LogP contribution in [0.3, 0.4) is 0 Å². The van der Waals surface area contributed by atoms with Crippen LogP contribution in [0.15, 0.2) is 24.3 Å². The van der Waals surface area contributed by atoms with E-state index in [1.807, 2.05) is 24.0 Å². The number of nitrogens with one attached hydrogen (secondary N) is 1. The van der Waals surface area contributed by atoms with Crippen LogP contribution < -0.4 is 5.32 Å². The van der Waals surface area contributed by atoms with Gasteiger partial charge in [-0.05, 0) is 50.8 Å². The number of benzene rings is 1. The second-order valence-electron chi connectivity index (χ2n) is 5.79. The molecule has 0 aromatic heterocycles. The Labute approximate surface area is 126 Å². The molecule has 112 valence electrons. The van der Waals surface area contributed by atoms with E-state index in [4.69, 9.17) is 5.26 Å². The number of rotatable bonds is 4. The van der Waals surface area contributed by atoms with E-state index in [0.717, 1.165) is 24.9 Å². The lowest BCUT2D eigenvalue weighted by Crippen LogP contribution is -2.50. The number of carbonyl (C=O) groups is 1. The minimum absolute atomic E-state index is 0.179. The summed E-state index contributed by atoms with van der Waals surface area (Å²) in [4.78, 5) is 14.5. The molecule has 0 radical (unpaired) electrons. The monoisotopic (exact) mass is 285 g/mol. The summed E-state index contributed by atoms with van der Waals surface area (Å²) in [5.41, 5.74) is 1.74. The van der Waals surface area contributed by atoms with Crippen molar-refractivity contribution >= 4 is 5.91 Å². The minimum Gasteiger partial charge on any atom is -0.339 e. The van der Waals surface area contributed by atoms with Crippen LogP contribution in [0.25, 0.3) is 0 Å². The van der Waals surface area contributed by atoms with E-state index in [0.29, 0.717) is 18.2 Å². The highest BCUT2D eigenvalue weighted by Gasteiger charge is 2.26. The third kappa shape index (κ3) is 4.05. The van der Waals surface area contributed by atoms with E-state index < -0.39 is 0 Å². The number of likely N-dealkylation sites (tertiary alicyclic amines) is 1. The molecule has 4 heteroatoms. The van der Waals surface area contributed by atoms with Gasteiger partial charge in [0.25, 0.3) is 0 Å². The summed E-state index contributed by atoms with van der Waals surface area (Å²) in [5.74, 6) is 0.191. The molecule has 0 unspecified atom stereocenters. The molecule has 0 bridgehead atoms. The number of piperidine rings is 1. The Morgan fingerprint density at radius 2 is 2.14 bits per heavy atom. The van der Waals surface area contributed by atoms with Crippen LogP contribution >= 0.6 is 0 Å². The van der Waals surface area contributed by atoms with E-state index in [2.05, 4.69) is 18.3 Å². The van der Waals surface area contributed by atoms with Gasteiger partial charge in [0, 0.05) is 19.1 Å². The summed E-state index contributed by atoms with van der Waals surface area (Å²) >= 11 is 0. The summed E-state index contributed by atoms with van der Waals surface area (Å²) in [6, 6.07) is 9.73. The van der Waals surface area contributed by atoms with E-state index >= 15 is 0 Å². The number of hydrogen-bond donors (Lipinski definition) is 1. The maximum absolute atomic E-state index is 12.5. The average molecular weight is 285 g/mol. The van der Waals surface area contributed by atoms with Gasteiger partial charge in [0.2, 0.25) is 5.91 Å². The van der Waals surface area contributed by atoms with Crippen molar-refractivity contribution in [2.45, 2.75) is 51.7 Å². The molecule has 1 amide bonds. The highest BCUT2D eigenvalue weighted by Crippen LogP contribution is 2.17. The van der Waals surface area contributed by atoms with Crippen LogP contribution in [-0.4, -0.2) is 29.4 Å². The van der Waals surface area contributed by atoms with Crippen LogP contribution in [-0.2, 0) is 11.3 Å². The molecular formula is C17H23N3O. The molecule has 1 aliphatic rings. The Hall–Kier alpha value is -1.86. The molecule has 0 aliphatic carbocycles. The van der Waals surface area contributed by atoms with Crippen LogP contribution in [0.4, 0.5) is 0 Å². The first kappa shape index (κ1) is 15.5. The fourth-order valence-electron chi connectivity index (χ4n) is 2.73. The summed E-state index contributed by atoms with van der Waals surface area (Å²) in [5, 5.41) is 12.1. The smallest absolute Gasteiger partial charge is 0.239 e. The number of amides is 1. The van der Waals surface area contributed by atoms with Crippen molar-refractivity contribution in [3.8, 4) is 6.07 Å². The van der Waals surface area contributed by atoms with Gasteiger partial charge in [-0.15, -0.1) is 0 Å². The van der Waals surface area contributed by atoms with E-state index in [9.17, 15) is 4.79 Å². The number of carbonyl (C=O) groups excluding carboxylic acids is 1. The van der Waals surface area contributed by atoms with Crippen molar-refractivity contribution in [1.29, 1.82) is 5.26 Å². The molecule has 1 aliphatic heterocycles. The minimum atomic E-state index is -0.179. The molecule has 1 fully saturated rings. The summed E-state index contributed by atoms with van der Waals surface area (Å²) < 4.78 is 0. The fraction of sp³-hybridized carbons (Fsp3) is 0.529. The van der Waals surface area contributed by atoms with Gasteiger partial charge in [0.1, 0.15) is 0 Å². The van der Waals surface area contributed by atoms with Gasteiger partial charge < -0.3 is 10.2 Å². The average Bonchev–Trinajstić information content (AvgIpc) is 2.53. The lowest BCUT2D eigenvalue weighted by molar-refractivity contribution is -0.136. The number of nitriles is 1. The number of hydrogen-bond acceptors (Lipinski definition) is 3. The van der Waals surface area contributed by atoms with E-state index in [1.165, 1.54) is 6.42 Å². The molecule has 4 nitrogen and oxygen atoms in total. The van der Waals surface area contributed by atoms with Crippen molar-refractivity contribution < 1.29 is 4.79 Å². The van der Waals surface area contributed by atoms with Crippen molar-refractivity contribution in [2.24, 2.45) is 0 Å². The zero-order valence-electron chi connectivity index (χ0n) is 12.8. The van der Waals surface area contributed by atoms with Crippen molar-refractivity contribution in [2.75, 3.05) is 6.54 Å². The van der Waals surface area contributed by atoms with Gasteiger partial charge in [-0.25, -0.2) is 0 Å². The van der Waals surface area contributed by atoms with Crippen LogP contribution in [0, 0.1) is 11.3 Å². The maximum atomic E-state index is 12.5. The first-order valence-corrected chi connectivity index (χ1v) is 7.64. The van der Waals surface area contributed by atoms with Gasteiger partial charge in [-0.1, -0.05) is 12.1 Å². The van der Waals surface area contributed by atoms with Crippen LogP contribution in [0.5, 0.6) is 0 Å². The van der Waals surface area contributed by atoms with Crippen molar-refractivity contribution in [1.82, 2.24) is 10.2 Å². The standard InChI is InChI=1S/C17H23N3O/c1-13-5-3-4-10-20(13)17(21)14(2)19-12-16-8-6-15(11-18)7-9-16/h6-9,13-14,19H,3-5,10,12H2,1-2H3/t13-,14+/m1/s1. The first-order valence-electron chi connectivity index (χ1n) is 7.64. The normalized spacial score (nSPS) is 19.9. The fourth-order valence-corrected chi connectivity index (χ4v) is 2.73. The van der Waals surface area contributed by atoms with Gasteiger partial charge in [0.15, 0.2) is 0 Å². The third-order valence-electron chi connectivity index (χ3n) is 4.15. The number of nitrogens with zero attached hydrogens (tertiary/aromatic N) is 2. The molecule has 21 heavy (non-hydrogen) atoms. The van der Waals surface area contributed by atoms with Crippen LogP contribution in [0.1, 0.15) is 44.2 Å². The SMILES string of the molecule is C[C@H](NCc1ccc(C#N)cc1)C(=O)N1CCCC[C@H]1C. The summed E-state index contributed by atoms with van der Waals surface area (Å²) in [6.07, 6.45) is 3.44. The maximum Gasteiger partial charge on any atom is 0.239 e. The quantitative estimate of drug-likeness (QED) is 0.924. The molecule has 1 heterocycles. The zero-order valence-corrected chi connectivity index (χ0v) is 12.8. The van der Waals surface area contributed by atoms with Gasteiger partial charge in [-0.3, -0.25) is 4.79 Å². The van der Waals surface area contributed by atoms with E-state index in [-0.39, 0.29) is 11.9 Å².